The van der Waals surface area contributed by atoms with Crippen LogP contribution < -0.4 is 14.4 Å². The number of anilines is 1. The third-order valence-corrected chi connectivity index (χ3v) is 10.6. The van der Waals surface area contributed by atoms with Crippen LogP contribution in [0.1, 0.15) is 38.3 Å². The van der Waals surface area contributed by atoms with Crippen LogP contribution in [0.2, 0.25) is 5.02 Å². The van der Waals surface area contributed by atoms with E-state index in [0.717, 1.165) is 14.8 Å². The molecule has 0 saturated heterocycles. The second kappa shape index (κ2) is 17.4. The van der Waals surface area contributed by atoms with Gasteiger partial charge in [-0.3, -0.25) is 13.9 Å². The second-order valence-corrected chi connectivity index (χ2v) is 14.5. The van der Waals surface area contributed by atoms with E-state index < -0.39 is 28.5 Å². The zero-order chi connectivity index (χ0) is 34.7. The Balaban J connectivity index is 1.81. The highest BCUT2D eigenvalue weighted by atomic mass is 35.5. The number of thioether (sulfide) groups is 1. The smallest absolute Gasteiger partial charge is 0.264 e. The summed E-state index contributed by atoms with van der Waals surface area (Å²) >= 11 is 7.83. The summed E-state index contributed by atoms with van der Waals surface area (Å²) in [4.78, 5) is 31.0. The fourth-order valence-corrected chi connectivity index (χ4v) is 7.14. The minimum atomic E-state index is -4.23. The zero-order valence-corrected chi connectivity index (χ0v) is 30.0. The zero-order valence-electron chi connectivity index (χ0n) is 27.6. The Bertz CT molecular complexity index is 1750. The number of nitrogens with one attached hydrogen (secondary N) is 1. The lowest BCUT2D eigenvalue weighted by Crippen LogP contribution is -2.54. The summed E-state index contributed by atoms with van der Waals surface area (Å²) in [6.45, 7) is 5.66. The average molecular weight is 708 g/mol. The number of halogens is 1. The normalized spacial score (nSPS) is 12.5. The van der Waals surface area contributed by atoms with Gasteiger partial charge in [0.05, 0.1) is 17.2 Å². The Kier molecular flexibility index (Phi) is 13.4. The van der Waals surface area contributed by atoms with Crippen LogP contribution in [0.3, 0.4) is 0 Å². The van der Waals surface area contributed by atoms with Crippen LogP contribution in [0, 0.1) is 0 Å². The molecule has 0 spiro atoms. The van der Waals surface area contributed by atoms with Gasteiger partial charge >= 0.3 is 0 Å². The van der Waals surface area contributed by atoms with E-state index in [-0.39, 0.29) is 35.5 Å². The highest BCUT2D eigenvalue weighted by Crippen LogP contribution is 2.28. The van der Waals surface area contributed by atoms with Crippen LogP contribution in [0.25, 0.3) is 0 Å². The molecular formula is C37H42ClN3O5S2. The Morgan fingerprint density at radius 3 is 2.17 bits per heavy atom. The Morgan fingerprint density at radius 2 is 1.56 bits per heavy atom. The SMILES string of the molecule is CCOc1ccc(N(CC(=O)N(Cc2cccc(Cl)c2)C(Cc2ccccc2)C(=O)NC(C)CC)S(=O)(=O)c2ccc(SC)cc2)cc1. The molecule has 0 aliphatic heterocycles. The van der Waals surface area contributed by atoms with Crippen LogP contribution in [0.4, 0.5) is 5.69 Å². The third-order valence-electron chi connectivity index (χ3n) is 7.88. The molecule has 48 heavy (non-hydrogen) atoms. The maximum atomic E-state index is 14.6. The standard InChI is InChI=1S/C37H42ClN3O5S2/c1-5-27(3)39-37(43)35(24-28-11-8-7-9-12-28)40(25-29-13-10-14-30(38)23-29)36(42)26-41(31-15-17-32(18-16-31)46-6-2)48(44,45)34-21-19-33(47-4)20-22-34/h7-23,27,35H,5-6,24-26H2,1-4H3,(H,39,43). The minimum Gasteiger partial charge on any atom is -0.494 e. The van der Waals surface area contributed by atoms with E-state index in [9.17, 15) is 18.0 Å². The molecule has 0 bridgehead atoms. The van der Waals surface area contributed by atoms with Gasteiger partial charge in [0.15, 0.2) is 0 Å². The van der Waals surface area contributed by atoms with Crippen molar-refractivity contribution >= 4 is 50.9 Å². The molecule has 0 aliphatic rings. The summed E-state index contributed by atoms with van der Waals surface area (Å²) in [5.41, 5.74) is 1.84. The van der Waals surface area contributed by atoms with Crippen LogP contribution >= 0.6 is 23.4 Å². The van der Waals surface area contributed by atoms with Gasteiger partial charge in [-0.2, -0.15) is 0 Å². The van der Waals surface area contributed by atoms with Crippen LogP contribution in [-0.2, 0) is 32.6 Å². The van der Waals surface area contributed by atoms with Crippen LogP contribution in [0.5, 0.6) is 5.75 Å². The molecule has 4 aromatic carbocycles. The molecule has 8 nitrogen and oxygen atoms in total. The first-order chi connectivity index (χ1) is 23.0. The van der Waals surface area contributed by atoms with Gasteiger partial charge < -0.3 is 15.0 Å². The van der Waals surface area contributed by atoms with Gasteiger partial charge in [0.2, 0.25) is 11.8 Å². The molecule has 0 saturated carbocycles. The highest BCUT2D eigenvalue weighted by Gasteiger charge is 2.35. The number of rotatable bonds is 16. The number of carbonyl (C=O) groups excluding carboxylic acids is 2. The quantitative estimate of drug-likeness (QED) is 0.124. The minimum absolute atomic E-state index is 0.0321. The van der Waals surface area contributed by atoms with Gasteiger partial charge in [-0.25, -0.2) is 8.42 Å². The number of hydrogen-bond donors (Lipinski definition) is 1. The van der Waals surface area contributed by atoms with Crippen molar-refractivity contribution in [3.63, 3.8) is 0 Å². The van der Waals surface area contributed by atoms with Gasteiger partial charge in [0.25, 0.3) is 10.0 Å². The summed E-state index contributed by atoms with van der Waals surface area (Å²) in [7, 11) is -4.23. The number of ether oxygens (including phenoxy) is 1. The molecule has 0 aromatic heterocycles. The van der Waals surface area contributed by atoms with Gasteiger partial charge in [0.1, 0.15) is 18.3 Å². The third kappa shape index (κ3) is 9.78. The predicted octanol–water partition coefficient (Wildman–Crippen LogP) is 7.21. The van der Waals surface area contributed by atoms with E-state index in [1.807, 2.05) is 63.4 Å². The van der Waals surface area contributed by atoms with Gasteiger partial charge in [-0.15, -0.1) is 11.8 Å². The molecule has 11 heteroatoms. The fraction of sp³-hybridized carbons (Fsp3) is 0.297. The van der Waals surface area contributed by atoms with Gasteiger partial charge in [0, 0.05) is 28.9 Å². The Morgan fingerprint density at radius 1 is 0.896 bits per heavy atom. The molecule has 0 fully saturated rings. The molecule has 1 N–H and O–H groups in total. The second-order valence-electron chi connectivity index (χ2n) is 11.3. The van der Waals surface area contributed by atoms with E-state index >= 15 is 0 Å². The first kappa shape index (κ1) is 36.8. The molecule has 0 radical (unpaired) electrons. The topological polar surface area (TPSA) is 96.0 Å². The molecule has 4 rings (SSSR count). The molecule has 254 valence electrons. The van der Waals surface area contributed by atoms with E-state index in [1.54, 1.807) is 54.6 Å². The maximum Gasteiger partial charge on any atom is 0.264 e. The Labute approximate surface area is 293 Å². The molecule has 2 atom stereocenters. The van der Waals surface area contributed by atoms with Gasteiger partial charge in [-0.05, 0) is 98.3 Å². The summed E-state index contributed by atoms with van der Waals surface area (Å²) in [6, 6.07) is 28.6. The number of sulfonamides is 1. The van der Waals surface area contributed by atoms with Crippen LogP contribution in [-0.4, -0.2) is 56.6 Å². The van der Waals surface area contributed by atoms with Crippen molar-refractivity contribution < 1.29 is 22.7 Å². The van der Waals surface area contributed by atoms with E-state index in [1.165, 1.54) is 28.8 Å². The molecule has 2 unspecified atom stereocenters. The highest BCUT2D eigenvalue weighted by molar-refractivity contribution is 7.98. The van der Waals surface area contributed by atoms with Crippen molar-refractivity contribution in [2.75, 3.05) is 23.7 Å². The summed E-state index contributed by atoms with van der Waals surface area (Å²) in [5, 5.41) is 3.53. The first-order valence-electron chi connectivity index (χ1n) is 15.8. The van der Waals surface area contributed by atoms with Crippen molar-refractivity contribution in [3.8, 4) is 5.75 Å². The maximum absolute atomic E-state index is 14.6. The van der Waals surface area contributed by atoms with Crippen molar-refractivity contribution in [2.45, 2.75) is 62.0 Å². The summed E-state index contributed by atoms with van der Waals surface area (Å²) in [5.74, 6) is -0.304. The predicted molar refractivity (Wildman–Crippen MR) is 194 cm³/mol. The van der Waals surface area contributed by atoms with E-state index in [2.05, 4.69) is 5.32 Å². The summed E-state index contributed by atoms with van der Waals surface area (Å²) < 4.78 is 35.3. The molecule has 0 aliphatic carbocycles. The Hall–Kier alpha value is -3.99. The fourth-order valence-electron chi connectivity index (χ4n) is 5.11. The molecule has 0 heterocycles. The lowest BCUT2D eigenvalue weighted by atomic mass is 10.0. The summed E-state index contributed by atoms with van der Waals surface area (Å²) in [6.07, 6.45) is 2.83. The van der Waals surface area contributed by atoms with E-state index in [0.29, 0.717) is 29.4 Å². The monoisotopic (exact) mass is 707 g/mol. The average Bonchev–Trinajstić information content (AvgIpc) is 3.09. The largest absolute Gasteiger partial charge is 0.494 e. The lowest BCUT2D eigenvalue weighted by molar-refractivity contribution is -0.140. The lowest BCUT2D eigenvalue weighted by Gasteiger charge is -2.34. The van der Waals surface area contributed by atoms with Gasteiger partial charge in [-0.1, -0.05) is 61.0 Å². The van der Waals surface area contributed by atoms with Crippen molar-refractivity contribution in [1.82, 2.24) is 10.2 Å². The number of nitrogens with zero attached hydrogens (tertiary/aromatic N) is 2. The number of amides is 2. The number of carbonyl (C=O) groups is 2. The number of hydrogen-bond acceptors (Lipinski definition) is 6. The van der Waals surface area contributed by atoms with Crippen molar-refractivity contribution in [3.05, 3.63) is 119 Å². The molecular weight excluding hydrogens is 666 g/mol. The van der Waals surface area contributed by atoms with Crippen molar-refractivity contribution in [2.24, 2.45) is 0 Å². The first-order valence-corrected chi connectivity index (χ1v) is 18.9. The van der Waals surface area contributed by atoms with E-state index in [4.69, 9.17) is 16.3 Å². The molecule has 4 aromatic rings. The molecule has 2 amide bonds. The van der Waals surface area contributed by atoms with Crippen molar-refractivity contribution in [1.29, 1.82) is 0 Å². The van der Waals surface area contributed by atoms with Crippen LogP contribution in [0.15, 0.2) is 113 Å². The number of benzene rings is 4.